The molecule has 1 aliphatic rings. The molecule has 0 radical (unpaired) electrons. The van der Waals surface area contributed by atoms with Crippen LogP contribution in [0.3, 0.4) is 0 Å². The summed E-state index contributed by atoms with van der Waals surface area (Å²) >= 11 is 0.306. The summed E-state index contributed by atoms with van der Waals surface area (Å²) in [4.78, 5) is 16.3. The van der Waals surface area contributed by atoms with Crippen molar-refractivity contribution in [3.05, 3.63) is 0 Å². The van der Waals surface area contributed by atoms with Gasteiger partial charge in [0.05, 0.1) is 0 Å². The number of carbonyl (C=O) groups is 1. The first-order valence-electron chi connectivity index (χ1n) is 2.62. The molecule has 9 heavy (non-hydrogen) atoms. The van der Waals surface area contributed by atoms with E-state index < -0.39 is 0 Å². The van der Waals surface area contributed by atoms with Crippen LogP contribution in [-0.2, 0) is 4.79 Å². The Labute approximate surface area is 60.3 Å². The molecule has 0 saturated heterocycles. The molecular weight excluding hydrogens is 183 g/mol. The molecule has 0 fully saturated rings. The van der Waals surface area contributed by atoms with E-state index >= 15 is 0 Å². The molecule has 0 aromatic carbocycles. The molecule has 0 saturated carbocycles. The van der Waals surface area contributed by atoms with Crippen LogP contribution >= 0.6 is 0 Å². The first-order chi connectivity index (χ1) is 4.20. The third kappa shape index (κ3) is 1.53. The van der Waals surface area contributed by atoms with E-state index in [9.17, 15) is 4.79 Å². The van der Waals surface area contributed by atoms with Crippen LogP contribution in [0.5, 0.6) is 0 Å². The molecule has 1 heterocycles. The summed E-state index contributed by atoms with van der Waals surface area (Å²) in [5, 5.41) is 0.653. The molecule has 4 heteroatoms. The van der Waals surface area contributed by atoms with Crippen LogP contribution in [0.25, 0.3) is 0 Å². The van der Waals surface area contributed by atoms with Crippen molar-refractivity contribution in [2.24, 2.45) is 4.99 Å². The minimum atomic E-state index is 0.0405. The molecule has 0 spiro atoms. The normalized spacial score (nSPS) is 18.0. The molecule has 0 aromatic rings. The van der Waals surface area contributed by atoms with Gasteiger partial charge >= 0.3 is 59.7 Å². The van der Waals surface area contributed by atoms with E-state index in [1.807, 2.05) is 19.0 Å². The zero-order chi connectivity index (χ0) is 6.85. The monoisotopic (exact) mass is 192 g/mol. The number of nitrogens with zero attached hydrogens (tertiary/aromatic N) is 2. The van der Waals surface area contributed by atoms with Crippen LogP contribution in [0.2, 0.25) is 5.32 Å². The van der Waals surface area contributed by atoms with Crippen LogP contribution < -0.4 is 0 Å². The van der Waals surface area contributed by atoms with Crippen LogP contribution in [-0.4, -0.2) is 44.6 Å². The molecule has 1 amide bonds. The van der Waals surface area contributed by atoms with E-state index in [0.29, 0.717) is 20.3 Å². The van der Waals surface area contributed by atoms with Crippen molar-refractivity contribution in [2.75, 3.05) is 14.1 Å². The van der Waals surface area contributed by atoms with Crippen molar-refractivity contribution < 1.29 is 4.79 Å². The summed E-state index contributed by atoms with van der Waals surface area (Å²) in [7, 11) is 3.83. The quantitative estimate of drug-likeness (QED) is 0.486. The van der Waals surface area contributed by atoms with E-state index in [0.717, 1.165) is 4.73 Å². The molecule has 0 bridgehead atoms. The molecular formula is C5H8N2OSe. The van der Waals surface area contributed by atoms with Crippen molar-refractivity contribution in [2.45, 2.75) is 5.32 Å². The first-order valence-corrected chi connectivity index (χ1v) is 4.68. The van der Waals surface area contributed by atoms with Gasteiger partial charge in [-0.2, -0.15) is 0 Å². The second-order valence-electron chi connectivity index (χ2n) is 1.97. The molecule has 1 aliphatic heterocycles. The topological polar surface area (TPSA) is 32.7 Å². The second kappa shape index (κ2) is 2.50. The van der Waals surface area contributed by atoms with Crippen LogP contribution in [0.15, 0.2) is 4.99 Å². The summed E-state index contributed by atoms with van der Waals surface area (Å²) in [5.74, 6) is 0.0405. The van der Waals surface area contributed by atoms with Crippen LogP contribution in [0, 0.1) is 0 Å². The number of rotatable bonds is 0. The number of hydrogen-bond donors (Lipinski definition) is 0. The Bertz CT molecular complexity index is 164. The Hall–Kier alpha value is -0.341. The van der Waals surface area contributed by atoms with Crippen molar-refractivity contribution >= 4 is 25.6 Å². The van der Waals surface area contributed by atoms with E-state index in [4.69, 9.17) is 0 Å². The van der Waals surface area contributed by atoms with Gasteiger partial charge in [-0.05, 0) is 0 Å². The molecule has 0 aromatic heterocycles. The Morgan fingerprint density at radius 3 is 2.56 bits per heavy atom. The fourth-order valence-electron chi connectivity index (χ4n) is 0.527. The van der Waals surface area contributed by atoms with Gasteiger partial charge in [-0.3, -0.25) is 0 Å². The van der Waals surface area contributed by atoms with Gasteiger partial charge in [-0.15, -0.1) is 0 Å². The minimum absolute atomic E-state index is 0.0405. The summed E-state index contributed by atoms with van der Waals surface area (Å²) < 4.78 is 0.965. The predicted molar refractivity (Wildman–Crippen MR) is 36.7 cm³/mol. The number of amidine groups is 1. The number of amides is 1. The zero-order valence-electron chi connectivity index (χ0n) is 5.42. The van der Waals surface area contributed by atoms with Gasteiger partial charge < -0.3 is 0 Å². The van der Waals surface area contributed by atoms with Crippen LogP contribution in [0.4, 0.5) is 0 Å². The molecule has 50 valence electrons. The SMILES string of the molecule is CN(C)C1=NC(=O)C[Se]1. The van der Waals surface area contributed by atoms with Crippen molar-refractivity contribution in [1.29, 1.82) is 0 Å². The Kier molecular flexibility index (Phi) is 1.88. The summed E-state index contributed by atoms with van der Waals surface area (Å²) in [6.45, 7) is 0. The predicted octanol–water partition coefficient (Wildman–Crippen LogP) is -0.433. The fraction of sp³-hybridized carbons (Fsp3) is 0.600. The van der Waals surface area contributed by atoms with Crippen molar-refractivity contribution in [3.8, 4) is 0 Å². The number of carbonyl (C=O) groups excluding carboxylic acids is 1. The number of aliphatic imine (C=N–C) groups is 1. The first kappa shape index (κ1) is 6.77. The van der Waals surface area contributed by atoms with E-state index in [2.05, 4.69) is 4.99 Å². The van der Waals surface area contributed by atoms with Crippen molar-refractivity contribution in [1.82, 2.24) is 4.90 Å². The Balaban J connectivity index is 2.62. The van der Waals surface area contributed by atoms with Gasteiger partial charge in [0, 0.05) is 0 Å². The van der Waals surface area contributed by atoms with E-state index in [-0.39, 0.29) is 5.91 Å². The maximum atomic E-state index is 10.6. The standard InChI is InChI=1S/C5H8N2OSe/c1-7(2)5-6-4(8)3-9-5/h3H2,1-2H3. The van der Waals surface area contributed by atoms with Gasteiger partial charge in [0.2, 0.25) is 0 Å². The molecule has 0 aliphatic carbocycles. The summed E-state index contributed by atoms with van der Waals surface area (Å²) in [6, 6.07) is 0. The molecule has 0 atom stereocenters. The van der Waals surface area contributed by atoms with Crippen LogP contribution in [0.1, 0.15) is 0 Å². The Morgan fingerprint density at radius 1 is 1.67 bits per heavy atom. The third-order valence-electron chi connectivity index (χ3n) is 0.928. The van der Waals surface area contributed by atoms with Crippen molar-refractivity contribution in [3.63, 3.8) is 0 Å². The van der Waals surface area contributed by atoms with E-state index in [1.54, 1.807) is 0 Å². The van der Waals surface area contributed by atoms with Gasteiger partial charge in [0.1, 0.15) is 0 Å². The second-order valence-corrected chi connectivity index (χ2v) is 3.95. The Morgan fingerprint density at radius 2 is 2.33 bits per heavy atom. The average Bonchev–Trinajstić information content (AvgIpc) is 2.14. The van der Waals surface area contributed by atoms with Gasteiger partial charge in [-0.25, -0.2) is 0 Å². The average molecular weight is 191 g/mol. The van der Waals surface area contributed by atoms with Gasteiger partial charge in [0.25, 0.3) is 0 Å². The molecule has 1 rings (SSSR count). The van der Waals surface area contributed by atoms with Gasteiger partial charge in [0.15, 0.2) is 0 Å². The fourth-order valence-corrected chi connectivity index (χ4v) is 2.08. The van der Waals surface area contributed by atoms with E-state index in [1.165, 1.54) is 0 Å². The zero-order valence-corrected chi connectivity index (χ0v) is 7.13. The molecule has 0 N–H and O–H groups in total. The van der Waals surface area contributed by atoms with Gasteiger partial charge in [-0.1, -0.05) is 0 Å². The number of hydrogen-bond acceptors (Lipinski definition) is 2. The molecule has 0 unspecified atom stereocenters. The summed E-state index contributed by atoms with van der Waals surface area (Å²) in [5.41, 5.74) is 0. The molecule has 3 nitrogen and oxygen atoms in total. The third-order valence-corrected chi connectivity index (χ3v) is 3.25. The summed E-state index contributed by atoms with van der Waals surface area (Å²) in [6.07, 6.45) is 0. The maximum absolute atomic E-state index is 10.6.